The smallest absolute Gasteiger partial charge is 0.252 e. The molecule has 1 aromatic carbocycles. The molecule has 0 aliphatic carbocycles. The number of aromatic nitrogens is 4. The van der Waals surface area contributed by atoms with E-state index in [9.17, 15) is 4.39 Å². The molecule has 20 heavy (non-hydrogen) atoms. The molecule has 0 radical (unpaired) electrons. The number of hydrogen-bond donors (Lipinski definition) is 0. The summed E-state index contributed by atoms with van der Waals surface area (Å²) in [7, 11) is 0. The molecule has 0 fully saturated rings. The summed E-state index contributed by atoms with van der Waals surface area (Å²) in [5.74, 6) is 0.0798. The predicted molar refractivity (Wildman–Crippen MR) is 65.7 cm³/mol. The maximum atomic E-state index is 13.1. The molecular formula is C13H8FN5O. The second-order valence-electron chi connectivity index (χ2n) is 4.03. The third-order valence-corrected chi connectivity index (χ3v) is 2.58. The van der Waals surface area contributed by atoms with Crippen LogP contribution in [0.1, 0.15) is 11.5 Å². The number of benzene rings is 1. The van der Waals surface area contributed by atoms with E-state index < -0.39 is 0 Å². The Labute approximate surface area is 113 Å². The standard InChI is InChI=1S/C13H8FN5O/c14-10-3-1-2-9(4-10)13-17-11(7-20-13)6-19-8-16-12(5-15)18-19/h1-4,7-8H,6H2. The first-order valence-corrected chi connectivity index (χ1v) is 5.74. The second kappa shape index (κ2) is 4.93. The largest absolute Gasteiger partial charge is 0.444 e. The van der Waals surface area contributed by atoms with Gasteiger partial charge in [0.25, 0.3) is 5.82 Å². The number of halogens is 1. The molecule has 2 aromatic heterocycles. The lowest BCUT2D eigenvalue weighted by Gasteiger charge is -1.95. The number of nitriles is 1. The molecule has 0 bridgehead atoms. The molecule has 0 spiro atoms. The normalized spacial score (nSPS) is 10.4. The fraction of sp³-hybridized carbons (Fsp3) is 0.0769. The van der Waals surface area contributed by atoms with Gasteiger partial charge in [0.1, 0.15) is 30.2 Å². The van der Waals surface area contributed by atoms with Crippen LogP contribution in [0.15, 0.2) is 41.3 Å². The van der Waals surface area contributed by atoms with Gasteiger partial charge in [-0.05, 0) is 18.2 Å². The van der Waals surface area contributed by atoms with Gasteiger partial charge in [-0.2, -0.15) is 5.26 Å². The van der Waals surface area contributed by atoms with E-state index in [1.54, 1.807) is 12.1 Å². The SMILES string of the molecule is N#Cc1ncn(Cc2coc(-c3cccc(F)c3)n2)n1. The van der Waals surface area contributed by atoms with Gasteiger partial charge < -0.3 is 4.42 Å². The summed E-state index contributed by atoms with van der Waals surface area (Å²) in [5.41, 5.74) is 1.17. The molecule has 0 amide bonds. The molecule has 98 valence electrons. The lowest BCUT2D eigenvalue weighted by atomic mass is 10.2. The van der Waals surface area contributed by atoms with Gasteiger partial charge in [0.05, 0.1) is 6.54 Å². The molecule has 2 heterocycles. The molecule has 3 rings (SSSR count). The topological polar surface area (TPSA) is 80.5 Å². The zero-order chi connectivity index (χ0) is 13.9. The Morgan fingerprint density at radius 2 is 2.30 bits per heavy atom. The average Bonchev–Trinajstić information content (AvgIpc) is 3.08. The van der Waals surface area contributed by atoms with E-state index in [-0.39, 0.29) is 11.6 Å². The summed E-state index contributed by atoms with van der Waals surface area (Å²) in [4.78, 5) is 8.04. The molecule has 0 aliphatic heterocycles. The second-order valence-corrected chi connectivity index (χ2v) is 4.03. The number of oxazole rings is 1. The first kappa shape index (κ1) is 12.0. The van der Waals surface area contributed by atoms with Crippen molar-refractivity contribution in [3.8, 4) is 17.5 Å². The van der Waals surface area contributed by atoms with Crippen LogP contribution in [0.25, 0.3) is 11.5 Å². The van der Waals surface area contributed by atoms with Crippen molar-refractivity contribution in [1.29, 1.82) is 5.26 Å². The first-order chi connectivity index (χ1) is 9.74. The molecule has 0 unspecified atom stereocenters. The van der Waals surface area contributed by atoms with Crippen molar-refractivity contribution >= 4 is 0 Å². The van der Waals surface area contributed by atoms with Crippen molar-refractivity contribution < 1.29 is 8.81 Å². The summed E-state index contributed by atoms with van der Waals surface area (Å²) >= 11 is 0. The van der Waals surface area contributed by atoms with Gasteiger partial charge >= 0.3 is 0 Å². The van der Waals surface area contributed by atoms with Crippen molar-refractivity contribution in [2.75, 3.05) is 0 Å². The van der Waals surface area contributed by atoms with Crippen LogP contribution in [0, 0.1) is 17.1 Å². The van der Waals surface area contributed by atoms with E-state index in [0.29, 0.717) is 23.7 Å². The highest BCUT2D eigenvalue weighted by Crippen LogP contribution is 2.19. The molecule has 7 heteroatoms. The highest BCUT2D eigenvalue weighted by Gasteiger charge is 2.09. The van der Waals surface area contributed by atoms with Gasteiger partial charge in [-0.1, -0.05) is 6.07 Å². The fourth-order valence-electron chi connectivity index (χ4n) is 1.72. The fourth-order valence-corrected chi connectivity index (χ4v) is 1.72. The minimum absolute atomic E-state index is 0.0962. The van der Waals surface area contributed by atoms with Gasteiger partial charge in [0.15, 0.2) is 0 Å². The Kier molecular flexibility index (Phi) is 2.97. The van der Waals surface area contributed by atoms with Crippen LogP contribution in [0.4, 0.5) is 4.39 Å². The molecule has 0 N–H and O–H groups in total. The Morgan fingerprint density at radius 1 is 1.40 bits per heavy atom. The first-order valence-electron chi connectivity index (χ1n) is 5.74. The van der Waals surface area contributed by atoms with Crippen LogP contribution in [0.5, 0.6) is 0 Å². The van der Waals surface area contributed by atoms with Gasteiger partial charge in [-0.25, -0.2) is 19.0 Å². The number of rotatable bonds is 3. The highest BCUT2D eigenvalue weighted by atomic mass is 19.1. The lowest BCUT2D eigenvalue weighted by molar-refractivity contribution is 0.567. The van der Waals surface area contributed by atoms with E-state index in [1.165, 1.54) is 29.4 Å². The van der Waals surface area contributed by atoms with Gasteiger partial charge in [0.2, 0.25) is 5.89 Å². The molecule has 0 saturated carbocycles. The Morgan fingerprint density at radius 3 is 3.05 bits per heavy atom. The van der Waals surface area contributed by atoms with Crippen molar-refractivity contribution in [2.24, 2.45) is 0 Å². The predicted octanol–water partition coefficient (Wildman–Crippen LogP) is 1.99. The average molecular weight is 269 g/mol. The van der Waals surface area contributed by atoms with Crippen molar-refractivity contribution in [1.82, 2.24) is 19.7 Å². The lowest BCUT2D eigenvalue weighted by Crippen LogP contribution is -2.00. The minimum Gasteiger partial charge on any atom is -0.444 e. The summed E-state index contributed by atoms with van der Waals surface area (Å²) in [6, 6.07) is 7.84. The van der Waals surface area contributed by atoms with E-state index in [1.807, 2.05) is 6.07 Å². The summed E-state index contributed by atoms with van der Waals surface area (Å²) in [5, 5.41) is 12.6. The molecule has 0 aliphatic rings. The quantitative estimate of drug-likeness (QED) is 0.726. The Balaban J connectivity index is 1.82. The molecule has 0 atom stereocenters. The van der Waals surface area contributed by atoms with Gasteiger partial charge in [0, 0.05) is 5.56 Å². The molecule has 6 nitrogen and oxygen atoms in total. The van der Waals surface area contributed by atoms with E-state index in [4.69, 9.17) is 9.68 Å². The maximum absolute atomic E-state index is 13.1. The Bertz CT molecular complexity index is 786. The molecular weight excluding hydrogens is 261 g/mol. The number of hydrogen-bond acceptors (Lipinski definition) is 5. The van der Waals surface area contributed by atoms with Gasteiger partial charge in [-0.15, -0.1) is 5.10 Å². The van der Waals surface area contributed by atoms with E-state index in [2.05, 4.69) is 15.1 Å². The summed E-state index contributed by atoms with van der Waals surface area (Å²) < 4.78 is 19.9. The van der Waals surface area contributed by atoms with Crippen molar-refractivity contribution in [3.05, 3.63) is 54.2 Å². The minimum atomic E-state index is -0.350. The maximum Gasteiger partial charge on any atom is 0.252 e. The van der Waals surface area contributed by atoms with Crippen molar-refractivity contribution in [3.63, 3.8) is 0 Å². The van der Waals surface area contributed by atoms with E-state index in [0.717, 1.165) is 0 Å². The zero-order valence-electron chi connectivity index (χ0n) is 10.2. The molecule has 0 saturated heterocycles. The summed E-state index contributed by atoms with van der Waals surface area (Å²) in [6.07, 6.45) is 2.91. The van der Waals surface area contributed by atoms with Gasteiger partial charge in [-0.3, -0.25) is 0 Å². The molecule has 3 aromatic rings. The van der Waals surface area contributed by atoms with Crippen LogP contribution in [0.3, 0.4) is 0 Å². The van der Waals surface area contributed by atoms with E-state index >= 15 is 0 Å². The van der Waals surface area contributed by atoms with Crippen LogP contribution in [-0.2, 0) is 6.54 Å². The third kappa shape index (κ3) is 2.40. The van der Waals surface area contributed by atoms with Crippen LogP contribution < -0.4 is 0 Å². The van der Waals surface area contributed by atoms with Crippen LogP contribution >= 0.6 is 0 Å². The number of nitrogens with zero attached hydrogens (tertiary/aromatic N) is 5. The third-order valence-electron chi connectivity index (χ3n) is 2.58. The Hall–Kier alpha value is -3.01. The zero-order valence-corrected chi connectivity index (χ0v) is 10.2. The summed E-state index contributed by atoms with van der Waals surface area (Å²) in [6.45, 7) is 0.327. The monoisotopic (exact) mass is 269 g/mol. The highest BCUT2D eigenvalue weighted by molar-refractivity contribution is 5.52. The van der Waals surface area contributed by atoms with Crippen molar-refractivity contribution in [2.45, 2.75) is 6.54 Å². The van der Waals surface area contributed by atoms with Crippen LogP contribution in [-0.4, -0.2) is 19.7 Å². The van der Waals surface area contributed by atoms with Crippen LogP contribution in [0.2, 0.25) is 0 Å².